The molecule has 2 aromatic rings. The first-order chi connectivity index (χ1) is 10.3. The molecule has 1 fully saturated rings. The Morgan fingerprint density at radius 3 is 2.77 bits per heavy atom. The Morgan fingerprint density at radius 2 is 2.18 bits per heavy atom. The van der Waals surface area contributed by atoms with E-state index in [2.05, 4.69) is 15.4 Å². The highest BCUT2D eigenvalue weighted by molar-refractivity contribution is 7.15. The van der Waals surface area contributed by atoms with Crippen LogP contribution in [0.5, 0.6) is 0 Å². The molecule has 1 unspecified atom stereocenters. The molecule has 0 spiro atoms. The quantitative estimate of drug-likeness (QED) is 0.913. The number of anilines is 1. The first kappa shape index (κ1) is 15.0. The highest BCUT2D eigenvalue weighted by Crippen LogP contribution is 2.26. The van der Waals surface area contributed by atoms with Crippen molar-refractivity contribution in [3.8, 4) is 0 Å². The van der Waals surface area contributed by atoms with Crippen LogP contribution in [-0.4, -0.2) is 43.4 Å². The van der Waals surface area contributed by atoms with Crippen LogP contribution in [0.3, 0.4) is 0 Å². The number of likely N-dealkylation sites (tertiary alicyclic amines) is 1. The minimum absolute atomic E-state index is 0.0160. The summed E-state index contributed by atoms with van der Waals surface area (Å²) in [4.78, 5) is 31.1. The largest absolute Gasteiger partial charge is 0.337 e. The van der Waals surface area contributed by atoms with Crippen molar-refractivity contribution >= 4 is 34.1 Å². The standard InChI is InChI=1S/C14H19N5O2S/c1-8-7-22-13-16-12(17-19(8)13)15-11(21)9-5-10(20)18(6-9)14(2,3)4/h7,9H,5-6H2,1-4H3,(H,15,17,21). The van der Waals surface area contributed by atoms with Crippen LogP contribution in [0.15, 0.2) is 5.38 Å². The Bertz CT molecular complexity index is 742. The number of hydrogen-bond acceptors (Lipinski definition) is 5. The molecule has 3 heterocycles. The molecule has 2 amide bonds. The van der Waals surface area contributed by atoms with Crippen LogP contribution in [0.2, 0.25) is 0 Å². The van der Waals surface area contributed by atoms with Gasteiger partial charge in [0.2, 0.25) is 22.7 Å². The number of fused-ring (bicyclic) bond motifs is 1. The molecule has 1 aliphatic heterocycles. The van der Waals surface area contributed by atoms with E-state index in [4.69, 9.17) is 0 Å². The predicted octanol–water partition coefficient (Wildman–Crippen LogP) is 1.68. The van der Waals surface area contributed by atoms with E-state index < -0.39 is 0 Å². The Morgan fingerprint density at radius 1 is 1.45 bits per heavy atom. The van der Waals surface area contributed by atoms with Gasteiger partial charge in [-0.2, -0.15) is 4.98 Å². The summed E-state index contributed by atoms with van der Waals surface area (Å²) in [6.45, 7) is 8.28. The topological polar surface area (TPSA) is 79.6 Å². The normalized spacial score (nSPS) is 19.2. The molecular formula is C14H19N5O2S. The number of aromatic nitrogens is 3. The fourth-order valence-electron chi connectivity index (χ4n) is 2.59. The van der Waals surface area contributed by atoms with Gasteiger partial charge in [-0.05, 0) is 27.7 Å². The lowest BCUT2D eigenvalue weighted by molar-refractivity contribution is -0.131. The molecule has 3 rings (SSSR count). The molecule has 22 heavy (non-hydrogen) atoms. The van der Waals surface area contributed by atoms with Crippen LogP contribution >= 0.6 is 11.3 Å². The van der Waals surface area contributed by atoms with E-state index in [1.807, 2.05) is 33.1 Å². The molecule has 1 atom stereocenters. The van der Waals surface area contributed by atoms with E-state index in [9.17, 15) is 9.59 Å². The van der Waals surface area contributed by atoms with E-state index >= 15 is 0 Å². The summed E-state index contributed by atoms with van der Waals surface area (Å²) in [5, 5.41) is 8.94. The first-order valence-corrected chi connectivity index (χ1v) is 8.06. The van der Waals surface area contributed by atoms with E-state index in [1.165, 1.54) is 11.3 Å². The number of aryl methyl sites for hydroxylation is 1. The van der Waals surface area contributed by atoms with Gasteiger partial charge in [-0.3, -0.25) is 14.9 Å². The molecular weight excluding hydrogens is 302 g/mol. The van der Waals surface area contributed by atoms with E-state index in [-0.39, 0.29) is 29.7 Å². The number of nitrogens with one attached hydrogen (secondary N) is 1. The molecule has 0 bridgehead atoms. The summed E-state index contributed by atoms with van der Waals surface area (Å²) >= 11 is 1.47. The van der Waals surface area contributed by atoms with Gasteiger partial charge in [0.05, 0.1) is 11.6 Å². The summed E-state index contributed by atoms with van der Waals surface area (Å²) in [6.07, 6.45) is 0.240. The maximum atomic E-state index is 12.3. The third kappa shape index (κ3) is 2.58. The number of thiazole rings is 1. The van der Waals surface area contributed by atoms with Crippen LogP contribution in [0.25, 0.3) is 4.96 Å². The second-order valence-electron chi connectivity index (χ2n) is 6.57. The van der Waals surface area contributed by atoms with Crippen molar-refractivity contribution < 1.29 is 9.59 Å². The highest BCUT2D eigenvalue weighted by atomic mass is 32.1. The molecule has 2 aromatic heterocycles. The van der Waals surface area contributed by atoms with Crippen LogP contribution < -0.4 is 5.32 Å². The van der Waals surface area contributed by atoms with Crippen LogP contribution in [0.4, 0.5) is 5.95 Å². The summed E-state index contributed by atoms with van der Waals surface area (Å²) in [6, 6.07) is 0. The molecule has 7 nitrogen and oxygen atoms in total. The molecule has 0 radical (unpaired) electrons. The van der Waals surface area contributed by atoms with Crippen molar-refractivity contribution in [1.29, 1.82) is 0 Å². The average molecular weight is 321 g/mol. The molecule has 118 valence electrons. The second-order valence-corrected chi connectivity index (χ2v) is 7.41. The van der Waals surface area contributed by atoms with Crippen molar-refractivity contribution in [2.45, 2.75) is 39.7 Å². The fraction of sp³-hybridized carbons (Fsp3) is 0.571. The lowest BCUT2D eigenvalue weighted by atomic mass is 10.1. The van der Waals surface area contributed by atoms with Crippen LogP contribution in [-0.2, 0) is 9.59 Å². The van der Waals surface area contributed by atoms with Crippen LogP contribution in [0.1, 0.15) is 32.9 Å². The molecule has 1 saturated heterocycles. The number of amides is 2. The zero-order valence-corrected chi connectivity index (χ0v) is 13.9. The number of carbonyl (C=O) groups excluding carboxylic acids is 2. The summed E-state index contributed by atoms with van der Waals surface area (Å²) < 4.78 is 1.70. The maximum absolute atomic E-state index is 12.3. The van der Waals surface area contributed by atoms with Gasteiger partial charge in [-0.1, -0.05) is 0 Å². The summed E-state index contributed by atoms with van der Waals surface area (Å²) in [5.41, 5.74) is 0.710. The van der Waals surface area contributed by atoms with E-state index in [0.29, 0.717) is 12.5 Å². The fourth-order valence-corrected chi connectivity index (χ4v) is 3.39. The van der Waals surface area contributed by atoms with E-state index in [0.717, 1.165) is 10.7 Å². The minimum atomic E-state index is -0.352. The number of carbonyl (C=O) groups is 2. The van der Waals surface area contributed by atoms with Gasteiger partial charge in [0, 0.05) is 23.9 Å². The van der Waals surface area contributed by atoms with Crippen molar-refractivity contribution in [2.75, 3.05) is 11.9 Å². The zero-order valence-electron chi connectivity index (χ0n) is 13.1. The number of nitrogens with zero attached hydrogens (tertiary/aromatic N) is 4. The monoisotopic (exact) mass is 321 g/mol. The van der Waals surface area contributed by atoms with Gasteiger partial charge in [0.25, 0.3) is 0 Å². The van der Waals surface area contributed by atoms with Gasteiger partial charge < -0.3 is 4.90 Å². The first-order valence-electron chi connectivity index (χ1n) is 7.18. The van der Waals surface area contributed by atoms with Gasteiger partial charge in [-0.25, -0.2) is 4.52 Å². The highest BCUT2D eigenvalue weighted by Gasteiger charge is 2.39. The lowest BCUT2D eigenvalue weighted by Gasteiger charge is -2.31. The van der Waals surface area contributed by atoms with Gasteiger partial charge in [0.1, 0.15) is 0 Å². The minimum Gasteiger partial charge on any atom is -0.337 e. The number of hydrogen-bond donors (Lipinski definition) is 1. The average Bonchev–Trinajstić information content (AvgIpc) is 3.06. The molecule has 1 N–H and O–H groups in total. The summed E-state index contributed by atoms with van der Waals surface area (Å²) in [5.74, 6) is -0.241. The van der Waals surface area contributed by atoms with Crippen molar-refractivity contribution in [1.82, 2.24) is 19.5 Å². The van der Waals surface area contributed by atoms with Gasteiger partial charge in [0.15, 0.2) is 0 Å². The maximum Gasteiger partial charge on any atom is 0.250 e. The van der Waals surface area contributed by atoms with E-state index in [1.54, 1.807) is 9.42 Å². The predicted molar refractivity (Wildman–Crippen MR) is 83.8 cm³/mol. The Balaban J connectivity index is 1.71. The van der Waals surface area contributed by atoms with Crippen molar-refractivity contribution in [3.05, 3.63) is 11.1 Å². The molecule has 8 heteroatoms. The molecule has 0 saturated carbocycles. The number of rotatable bonds is 2. The zero-order chi connectivity index (χ0) is 16.1. The Labute approximate surface area is 132 Å². The Kier molecular flexibility index (Phi) is 3.43. The molecule has 0 aliphatic carbocycles. The lowest BCUT2D eigenvalue weighted by Crippen LogP contribution is -2.42. The Hall–Kier alpha value is -1.96. The smallest absolute Gasteiger partial charge is 0.250 e. The molecule has 1 aliphatic rings. The summed E-state index contributed by atoms with van der Waals surface area (Å²) in [7, 11) is 0. The van der Waals surface area contributed by atoms with Crippen molar-refractivity contribution in [2.24, 2.45) is 5.92 Å². The third-order valence-corrected chi connectivity index (χ3v) is 4.72. The second kappa shape index (κ2) is 5.05. The third-order valence-electron chi connectivity index (χ3n) is 3.79. The SMILES string of the molecule is Cc1csc2nc(NC(=O)C3CC(=O)N(C(C)(C)C)C3)nn12. The molecule has 0 aromatic carbocycles. The van der Waals surface area contributed by atoms with Crippen molar-refractivity contribution in [3.63, 3.8) is 0 Å². The van der Waals surface area contributed by atoms with Crippen LogP contribution in [0, 0.1) is 12.8 Å². The van der Waals surface area contributed by atoms with Gasteiger partial charge >= 0.3 is 0 Å². The van der Waals surface area contributed by atoms with Gasteiger partial charge in [-0.15, -0.1) is 16.4 Å².